The number of benzene rings is 1. The number of aromatic nitrogens is 1. The molecule has 2 aromatic rings. The van der Waals surface area contributed by atoms with Gasteiger partial charge < -0.3 is 10.1 Å². The second-order valence-corrected chi connectivity index (χ2v) is 6.09. The Balaban J connectivity index is 1.91. The van der Waals surface area contributed by atoms with E-state index in [0.29, 0.717) is 11.8 Å². The minimum atomic E-state index is 0.220. The number of anilines is 1. The van der Waals surface area contributed by atoms with Crippen molar-refractivity contribution in [3.63, 3.8) is 0 Å². The quantitative estimate of drug-likeness (QED) is 0.792. The summed E-state index contributed by atoms with van der Waals surface area (Å²) in [7, 11) is 0. The second kappa shape index (κ2) is 5.62. The van der Waals surface area contributed by atoms with Gasteiger partial charge in [-0.15, -0.1) is 0 Å². The Morgan fingerprint density at radius 3 is 3.00 bits per heavy atom. The molecule has 2 heterocycles. The van der Waals surface area contributed by atoms with Crippen molar-refractivity contribution < 1.29 is 4.74 Å². The van der Waals surface area contributed by atoms with Crippen molar-refractivity contribution >= 4 is 33.2 Å². The molecule has 3 nitrogen and oxygen atoms in total. The molecule has 1 aliphatic rings. The molecule has 104 valence electrons. The maximum Gasteiger partial charge on any atom is 0.129 e. The zero-order chi connectivity index (χ0) is 14.1. The maximum atomic E-state index is 5.90. The second-order valence-electron chi connectivity index (χ2n) is 4.78. The van der Waals surface area contributed by atoms with Crippen molar-refractivity contribution in [2.75, 3.05) is 11.9 Å². The van der Waals surface area contributed by atoms with Crippen molar-refractivity contribution in [1.29, 1.82) is 0 Å². The number of fused-ring (bicyclic) bond motifs is 1. The summed E-state index contributed by atoms with van der Waals surface area (Å²) < 4.78 is 6.75. The fraction of sp³-hybridized carbons (Fsp3) is 0.267. The third-order valence-corrected chi connectivity index (χ3v) is 4.10. The van der Waals surface area contributed by atoms with Gasteiger partial charge in [-0.1, -0.05) is 27.5 Å². The van der Waals surface area contributed by atoms with E-state index >= 15 is 0 Å². The SMILES string of the molecule is Cc1nc(Cl)ccc1NC1CCOc2ccc(Br)cc21. The number of halogens is 2. The van der Waals surface area contributed by atoms with Gasteiger partial charge in [0.1, 0.15) is 10.9 Å². The number of hydrogen-bond acceptors (Lipinski definition) is 3. The molecule has 0 saturated carbocycles. The van der Waals surface area contributed by atoms with E-state index in [2.05, 4.69) is 32.3 Å². The molecular weight excluding hydrogens is 340 g/mol. The first-order chi connectivity index (χ1) is 9.63. The minimum Gasteiger partial charge on any atom is -0.493 e. The van der Waals surface area contributed by atoms with Gasteiger partial charge >= 0.3 is 0 Å². The maximum absolute atomic E-state index is 5.90. The standard InChI is InChI=1S/C15H14BrClN2O/c1-9-12(3-5-15(17)18-9)19-13-6-7-20-14-4-2-10(16)8-11(13)14/h2-5,8,13,19H,6-7H2,1H3. The van der Waals surface area contributed by atoms with Crippen LogP contribution in [0, 0.1) is 6.92 Å². The van der Waals surface area contributed by atoms with Gasteiger partial charge in [0.05, 0.1) is 24.0 Å². The zero-order valence-corrected chi connectivity index (χ0v) is 13.3. The minimum absolute atomic E-state index is 0.220. The van der Waals surface area contributed by atoms with Gasteiger partial charge in [0.2, 0.25) is 0 Å². The van der Waals surface area contributed by atoms with E-state index < -0.39 is 0 Å². The zero-order valence-electron chi connectivity index (χ0n) is 11.0. The van der Waals surface area contributed by atoms with E-state index in [-0.39, 0.29) is 6.04 Å². The Hall–Kier alpha value is -1.26. The molecular formula is C15H14BrClN2O. The van der Waals surface area contributed by atoms with E-state index in [1.165, 1.54) is 5.56 Å². The van der Waals surface area contributed by atoms with Crippen LogP contribution in [-0.2, 0) is 0 Å². The van der Waals surface area contributed by atoms with Crippen LogP contribution in [0.25, 0.3) is 0 Å². The van der Waals surface area contributed by atoms with Gasteiger partial charge in [-0.3, -0.25) is 0 Å². The van der Waals surface area contributed by atoms with Gasteiger partial charge in [-0.2, -0.15) is 0 Å². The predicted octanol–water partition coefficient (Wildman–Crippen LogP) is 4.74. The summed E-state index contributed by atoms with van der Waals surface area (Å²) >= 11 is 9.41. The van der Waals surface area contributed by atoms with Crippen LogP contribution in [0.15, 0.2) is 34.8 Å². The molecule has 0 spiro atoms. The lowest BCUT2D eigenvalue weighted by molar-refractivity contribution is 0.274. The lowest BCUT2D eigenvalue weighted by atomic mass is 10.00. The van der Waals surface area contributed by atoms with Crippen LogP contribution in [0.2, 0.25) is 5.15 Å². The first-order valence-corrected chi connectivity index (χ1v) is 7.62. The molecule has 0 aliphatic carbocycles. The van der Waals surface area contributed by atoms with E-state index in [9.17, 15) is 0 Å². The molecule has 0 amide bonds. The van der Waals surface area contributed by atoms with Gasteiger partial charge in [0.25, 0.3) is 0 Å². The van der Waals surface area contributed by atoms with Gasteiger partial charge in [-0.05, 0) is 37.3 Å². The highest BCUT2D eigenvalue weighted by Crippen LogP contribution is 2.36. The molecule has 0 saturated heterocycles. The van der Waals surface area contributed by atoms with E-state index in [4.69, 9.17) is 16.3 Å². The fourth-order valence-electron chi connectivity index (χ4n) is 2.39. The van der Waals surface area contributed by atoms with Crippen LogP contribution in [0.5, 0.6) is 5.75 Å². The third kappa shape index (κ3) is 2.76. The number of rotatable bonds is 2. The van der Waals surface area contributed by atoms with Crippen LogP contribution in [-0.4, -0.2) is 11.6 Å². The Labute approximate surface area is 131 Å². The molecule has 0 bridgehead atoms. The lowest BCUT2D eigenvalue weighted by Crippen LogP contribution is -2.20. The summed E-state index contributed by atoms with van der Waals surface area (Å²) in [6, 6.07) is 10.1. The Kier molecular flexibility index (Phi) is 3.85. The largest absolute Gasteiger partial charge is 0.493 e. The molecule has 1 aromatic heterocycles. The summed E-state index contributed by atoms with van der Waals surface area (Å²) in [5, 5.41) is 4.05. The number of hydrogen-bond donors (Lipinski definition) is 1. The molecule has 1 unspecified atom stereocenters. The van der Waals surface area contributed by atoms with Crippen LogP contribution >= 0.6 is 27.5 Å². The highest BCUT2D eigenvalue weighted by atomic mass is 79.9. The smallest absolute Gasteiger partial charge is 0.129 e. The highest BCUT2D eigenvalue weighted by molar-refractivity contribution is 9.10. The monoisotopic (exact) mass is 352 g/mol. The molecule has 1 N–H and O–H groups in total. The van der Waals surface area contributed by atoms with Crippen molar-refractivity contribution in [2.45, 2.75) is 19.4 Å². The fourth-order valence-corrected chi connectivity index (χ4v) is 2.95. The number of pyridine rings is 1. The van der Waals surface area contributed by atoms with Crippen LogP contribution in [0.4, 0.5) is 5.69 Å². The third-order valence-electron chi connectivity index (χ3n) is 3.39. The highest BCUT2D eigenvalue weighted by Gasteiger charge is 2.22. The summed E-state index contributed by atoms with van der Waals surface area (Å²) in [6.45, 7) is 2.67. The van der Waals surface area contributed by atoms with Crippen LogP contribution in [0.3, 0.4) is 0 Å². The van der Waals surface area contributed by atoms with E-state index in [1.54, 1.807) is 6.07 Å². The average molecular weight is 354 g/mol. The molecule has 5 heteroatoms. The number of nitrogens with one attached hydrogen (secondary N) is 1. The summed E-state index contributed by atoms with van der Waals surface area (Å²) in [4.78, 5) is 4.28. The van der Waals surface area contributed by atoms with Crippen molar-refractivity contribution in [3.8, 4) is 5.75 Å². The Bertz CT molecular complexity index is 648. The number of nitrogens with zero attached hydrogens (tertiary/aromatic N) is 1. The van der Waals surface area contributed by atoms with Crippen molar-refractivity contribution in [3.05, 3.63) is 51.2 Å². The van der Waals surface area contributed by atoms with Crippen LogP contribution < -0.4 is 10.1 Å². The van der Waals surface area contributed by atoms with Crippen molar-refractivity contribution in [1.82, 2.24) is 4.98 Å². The van der Waals surface area contributed by atoms with E-state index in [1.807, 2.05) is 25.1 Å². The molecule has 0 fully saturated rings. The summed E-state index contributed by atoms with van der Waals surface area (Å²) in [5.74, 6) is 0.941. The molecule has 1 aromatic carbocycles. The number of aryl methyl sites for hydroxylation is 1. The molecule has 0 radical (unpaired) electrons. The topological polar surface area (TPSA) is 34.2 Å². The Morgan fingerprint density at radius 1 is 1.35 bits per heavy atom. The summed E-state index contributed by atoms with van der Waals surface area (Å²) in [6.07, 6.45) is 0.922. The van der Waals surface area contributed by atoms with Crippen LogP contribution in [0.1, 0.15) is 23.7 Å². The summed E-state index contributed by atoms with van der Waals surface area (Å²) in [5.41, 5.74) is 3.08. The van der Waals surface area contributed by atoms with E-state index in [0.717, 1.165) is 28.0 Å². The first-order valence-electron chi connectivity index (χ1n) is 6.45. The van der Waals surface area contributed by atoms with Gasteiger partial charge in [0, 0.05) is 16.5 Å². The Morgan fingerprint density at radius 2 is 2.20 bits per heavy atom. The van der Waals surface area contributed by atoms with Gasteiger partial charge in [-0.25, -0.2) is 4.98 Å². The first kappa shape index (κ1) is 13.7. The predicted molar refractivity (Wildman–Crippen MR) is 84.6 cm³/mol. The number of ether oxygens (including phenoxy) is 1. The molecule has 1 atom stereocenters. The molecule has 20 heavy (non-hydrogen) atoms. The van der Waals surface area contributed by atoms with Crippen molar-refractivity contribution in [2.24, 2.45) is 0 Å². The lowest BCUT2D eigenvalue weighted by Gasteiger charge is -2.28. The average Bonchev–Trinajstić information content (AvgIpc) is 2.42. The molecule has 1 aliphatic heterocycles. The molecule has 3 rings (SSSR count). The van der Waals surface area contributed by atoms with Gasteiger partial charge in [0.15, 0.2) is 0 Å². The normalized spacial score (nSPS) is 17.2.